The fourth-order valence-electron chi connectivity index (χ4n) is 2.30. The lowest BCUT2D eigenvalue weighted by molar-refractivity contribution is -0.121. The van der Waals surface area contributed by atoms with Gasteiger partial charge >= 0.3 is 0 Å². The first-order chi connectivity index (χ1) is 9.72. The monoisotopic (exact) mass is 274 g/mol. The largest absolute Gasteiger partial charge is 0.354 e. The van der Waals surface area contributed by atoms with Gasteiger partial charge in [-0.2, -0.15) is 0 Å². The van der Waals surface area contributed by atoms with Crippen molar-refractivity contribution in [2.45, 2.75) is 32.7 Å². The minimum absolute atomic E-state index is 0.0977. The van der Waals surface area contributed by atoms with Gasteiger partial charge in [0, 0.05) is 19.5 Å². The SMILES string of the molecule is Cc1nc2ccccc2n1CCNC(=O)CCCCN. The minimum atomic E-state index is 0.0977. The van der Waals surface area contributed by atoms with Crippen LogP contribution in [0.1, 0.15) is 25.1 Å². The predicted molar refractivity (Wildman–Crippen MR) is 80.4 cm³/mol. The van der Waals surface area contributed by atoms with E-state index < -0.39 is 0 Å². The molecule has 0 radical (unpaired) electrons. The third-order valence-corrected chi connectivity index (χ3v) is 3.36. The van der Waals surface area contributed by atoms with Gasteiger partial charge in [-0.15, -0.1) is 0 Å². The molecule has 1 amide bonds. The van der Waals surface area contributed by atoms with Crippen LogP contribution in [0.5, 0.6) is 0 Å². The van der Waals surface area contributed by atoms with Crippen LogP contribution in [0.3, 0.4) is 0 Å². The number of amides is 1. The maximum atomic E-state index is 11.6. The molecule has 0 saturated carbocycles. The third kappa shape index (κ3) is 3.57. The number of nitrogens with one attached hydrogen (secondary N) is 1. The van der Waals surface area contributed by atoms with Gasteiger partial charge in [-0.3, -0.25) is 4.79 Å². The van der Waals surface area contributed by atoms with Crippen molar-refractivity contribution in [1.29, 1.82) is 0 Å². The summed E-state index contributed by atoms with van der Waals surface area (Å²) in [7, 11) is 0. The van der Waals surface area contributed by atoms with Crippen LogP contribution in [-0.4, -0.2) is 28.5 Å². The minimum Gasteiger partial charge on any atom is -0.354 e. The molecule has 0 aliphatic rings. The van der Waals surface area contributed by atoms with E-state index in [9.17, 15) is 4.79 Å². The zero-order chi connectivity index (χ0) is 14.4. The van der Waals surface area contributed by atoms with Gasteiger partial charge in [0.1, 0.15) is 5.82 Å². The summed E-state index contributed by atoms with van der Waals surface area (Å²) in [6.07, 6.45) is 2.31. The number of benzene rings is 1. The molecule has 3 N–H and O–H groups in total. The first kappa shape index (κ1) is 14.5. The molecule has 2 aromatic rings. The lowest BCUT2D eigenvalue weighted by Gasteiger charge is -2.08. The number of imidazole rings is 1. The predicted octanol–water partition coefficient (Wildman–Crippen LogP) is 1.59. The number of aromatic nitrogens is 2. The maximum Gasteiger partial charge on any atom is 0.220 e. The van der Waals surface area contributed by atoms with E-state index in [0.29, 0.717) is 19.5 Å². The van der Waals surface area contributed by atoms with Crippen molar-refractivity contribution in [3.05, 3.63) is 30.1 Å². The molecule has 0 aliphatic carbocycles. The van der Waals surface area contributed by atoms with Gasteiger partial charge in [0.2, 0.25) is 5.91 Å². The van der Waals surface area contributed by atoms with E-state index >= 15 is 0 Å². The number of unbranched alkanes of at least 4 members (excludes halogenated alkanes) is 1. The summed E-state index contributed by atoms with van der Waals surface area (Å²) in [5, 5.41) is 2.94. The Balaban J connectivity index is 1.87. The Bertz CT molecular complexity index is 576. The standard InChI is InChI=1S/C15H22N4O/c1-12-18-13-6-2-3-7-14(13)19(12)11-10-17-15(20)8-4-5-9-16/h2-3,6-7H,4-5,8-11,16H2,1H3,(H,17,20). The number of rotatable bonds is 7. The van der Waals surface area contributed by atoms with Crippen molar-refractivity contribution >= 4 is 16.9 Å². The number of nitrogens with zero attached hydrogens (tertiary/aromatic N) is 2. The maximum absolute atomic E-state index is 11.6. The number of carbonyl (C=O) groups excluding carboxylic acids is 1. The first-order valence-electron chi connectivity index (χ1n) is 7.11. The summed E-state index contributed by atoms with van der Waals surface area (Å²) in [6.45, 7) is 4.01. The molecule has 0 atom stereocenters. The molecule has 0 fully saturated rings. The van der Waals surface area contributed by atoms with Crippen LogP contribution < -0.4 is 11.1 Å². The Morgan fingerprint density at radius 3 is 2.95 bits per heavy atom. The van der Waals surface area contributed by atoms with Crippen molar-refractivity contribution in [2.24, 2.45) is 5.73 Å². The number of hydrogen-bond donors (Lipinski definition) is 2. The van der Waals surface area contributed by atoms with Crippen molar-refractivity contribution in [3.63, 3.8) is 0 Å². The summed E-state index contributed by atoms with van der Waals surface area (Å²) in [5.74, 6) is 1.07. The van der Waals surface area contributed by atoms with E-state index in [1.54, 1.807) is 0 Å². The van der Waals surface area contributed by atoms with E-state index in [1.165, 1.54) is 0 Å². The zero-order valence-electron chi connectivity index (χ0n) is 11.9. The van der Waals surface area contributed by atoms with Crippen LogP contribution in [0.4, 0.5) is 0 Å². The second-order valence-electron chi connectivity index (χ2n) is 4.90. The highest BCUT2D eigenvalue weighted by molar-refractivity contribution is 5.76. The van der Waals surface area contributed by atoms with Crippen LogP contribution in [0.25, 0.3) is 11.0 Å². The van der Waals surface area contributed by atoms with Gasteiger partial charge in [0.05, 0.1) is 11.0 Å². The van der Waals surface area contributed by atoms with Crippen LogP contribution in [0.2, 0.25) is 0 Å². The van der Waals surface area contributed by atoms with Crippen LogP contribution in [0, 0.1) is 6.92 Å². The molecule has 1 aromatic heterocycles. The molecule has 108 valence electrons. The third-order valence-electron chi connectivity index (χ3n) is 3.36. The Hall–Kier alpha value is -1.88. The van der Waals surface area contributed by atoms with Crippen molar-refractivity contribution in [3.8, 4) is 0 Å². The molecule has 0 saturated heterocycles. The quantitative estimate of drug-likeness (QED) is 0.753. The van der Waals surface area contributed by atoms with Gasteiger partial charge in [0.25, 0.3) is 0 Å². The van der Waals surface area contributed by atoms with Gasteiger partial charge in [-0.1, -0.05) is 12.1 Å². The number of nitrogens with two attached hydrogens (primary N) is 1. The van der Waals surface area contributed by atoms with Gasteiger partial charge < -0.3 is 15.6 Å². The Morgan fingerprint density at radius 2 is 2.15 bits per heavy atom. The molecule has 0 bridgehead atoms. The number of aryl methyl sites for hydroxylation is 1. The molecule has 0 unspecified atom stereocenters. The van der Waals surface area contributed by atoms with E-state index in [1.807, 2.05) is 25.1 Å². The van der Waals surface area contributed by atoms with Crippen molar-refractivity contribution < 1.29 is 4.79 Å². The van der Waals surface area contributed by atoms with E-state index in [-0.39, 0.29) is 5.91 Å². The molecule has 20 heavy (non-hydrogen) atoms. The average Bonchev–Trinajstić information content (AvgIpc) is 2.75. The lowest BCUT2D eigenvalue weighted by Crippen LogP contribution is -2.27. The molecule has 5 heteroatoms. The second-order valence-corrected chi connectivity index (χ2v) is 4.90. The zero-order valence-corrected chi connectivity index (χ0v) is 11.9. The molecule has 1 aromatic carbocycles. The van der Waals surface area contributed by atoms with Gasteiger partial charge in [-0.05, 0) is 38.4 Å². The summed E-state index contributed by atoms with van der Waals surface area (Å²) in [6, 6.07) is 8.05. The fraction of sp³-hybridized carbons (Fsp3) is 0.467. The van der Waals surface area contributed by atoms with Crippen LogP contribution >= 0.6 is 0 Å². The van der Waals surface area contributed by atoms with E-state index in [0.717, 1.165) is 36.2 Å². The average molecular weight is 274 g/mol. The second kappa shape index (κ2) is 7.05. The van der Waals surface area contributed by atoms with Crippen molar-refractivity contribution in [1.82, 2.24) is 14.9 Å². The smallest absolute Gasteiger partial charge is 0.220 e. The lowest BCUT2D eigenvalue weighted by atomic mass is 10.2. The van der Waals surface area contributed by atoms with E-state index in [2.05, 4.69) is 20.9 Å². The number of carbonyl (C=O) groups is 1. The Labute approximate surface area is 119 Å². The highest BCUT2D eigenvalue weighted by Gasteiger charge is 2.06. The Morgan fingerprint density at radius 1 is 1.35 bits per heavy atom. The van der Waals surface area contributed by atoms with Crippen molar-refractivity contribution in [2.75, 3.05) is 13.1 Å². The summed E-state index contributed by atoms with van der Waals surface area (Å²) in [5.41, 5.74) is 7.52. The summed E-state index contributed by atoms with van der Waals surface area (Å²) < 4.78 is 2.13. The highest BCUT2D eigenvalue weighted by Crippen LogP contribution is 2.14. The highest BCUT2D eigenvalue weighted by atomic mass is 16.1. The van der Waals surface area contributed by atoms with Crippen LogP contribution in [-0.2, 0) is 11.3 Å². The molecule has 5 nitrogen and oxygen atoms in total. The van der Waals surface area contributed by atoms with Gasteiger partial charge in [-0.25, -0.2) is 4.98 Å². The molecule has 0 aliphatic heterocycles. The number of para-hydroxylation sites is 2. The molecular formula is C15H22N4O. The molecule has 2 rings (SSSR count). The normalized spacial score (nSPS) is 10.9. The fourth-order valence-corrected chi connectivity index (χ4v) is 2.30. The summed E-state index contributed by atoms with van der Waals surface area (Å²) in [4.78, 5) is 16.1. The topological polar surface area (TPSA) is 72.9 Å². The first-order valence-corrected chi connectivity index (χ1v) is 7.11. The molecular weight excluding hydrogens is 252 g/mol. The van der Waals surface area contributed by atoms with Crippen LogP contribution in [0.15, 0.2) is 24.3 Å². The molecule has 0 spiro atoms. The number of hydrogen-bond acceptors (Lipinski definition) is 3. The van der Waals surface area contributed by atoms with E-state index in [4.69, 9.17) is 5.73 Å². The number of fused-ring (bicyclic) bond motifs is 1. The van der Waals surface area contributed by atoms with Gasteiger partial charge in [0.15, 0.2) is 0 Å². The summed E-state index contributed by atoms with van der Waals surface area (Å²) >= 11 is 0. The Kier molecular flexibility index (Phi) is 5.12. The molecule has 1 heterocycles.